The first-order chi connectivity index (χ1) is 11.3. The Labute approximate surface area is 134 Å². The minimum absolute atomic E-state index is 0.0476. The number of carbonyl (C=O) groups is 1. The number of benzene rings is 1. The van der Waals surface area contributed by atoms with Gasteiger partial charge in [0, 0.05) is 12.7 Å². The first kappa shape index (κ1) is 17.6. The summed E-state index contributed by atoms with van der Waals surface area (Å²) in [5.74, 6) is -2.02. The molecule has 1 amide bonds. The van der Waals surface area contributed by atoms with Gasteiger partial charge in [-0.2, -0.15) is 13.2 Å². The molecule has 0 radical (unpaired) electrons. The van der Waals surface area contributed by atoms with Crippen LogP contribution in [0.5, 0.6) is 0 Å². The second kappa shape index (κ2) is 7.24. The van der Waals surface area contributed by atoms with Crippen LogP contribution in [0.2, 0.25) is 0 Å². The number of nitrogens with one attached hydrogen (secondary N) is 1. The van der Waals surface area contributed by atoms with Crippen LogP contribution in [0.3, 0.4) is 0 Å². The number of anilines is 1. The molecule has 3 N–H and O–H groups in total. The van der Waals surface area contributed by atoms with Gasteiger partial charge in [-0.05, 0) is 30.2 Å². The Hall–Kier alpha value is -2.71. The molecule has 1 unspecified atom stereocenters. The molecule has 9 heteroatoms. The van der Waals surface area contributed by atoms with Crippen LogP contribution in [-0.4, -0.2) is 22.4 Å². The highest BCUT2D eigenvalue weighted by Crippen LogP contribution is 2.27. The van der Waals surface area contributed by atoms with Crippen molar-refractivity contribution in [3.63, 3.8) is 0 Å². The molecular weight excluding hydrogens is 328 g/mol. The maximum absolute atomic E-state index is 12.9. The summed E-state index contributed by atoms with van der Waals surface area (Å²) in [6, 6.07) is 6.25. The molecule has 0 aliphatic heterocycles. The Morgan fingerprint density at radius 2 is 1.88 bits per heavy atom. The van der Waals surface area contributed by atoms with Crippen molar-refractivity contribution in [2.24, 2.45) is 11.7 Å². The zero-order chi connectivity index (χ0) is 17.7. The van der Waals surface area contributed by atoms with E-state index in [2.05, 4.69) is 15.3 Å². The summed E-state index contributed by atoms with van der Waals surface area (Å²) in [5.41, 5.74) is 4.89. The Kier molecular flexibility index (Phi) is 5.32. The predicted molar refractivity (Wildman–Crippen MR) is 78.3 cm³/mol. The van der Waals surface area contributed by atoms with Crippen molar-refractivity contribution in [3.8, 4) is 0 Å². The molecule has 1 aromatic carbocycles. The van der Waals surface area contributed by atoms with Crippen LogP contribution >= 0.6 is 0 Å². The highest BCUT2D eigenvalue weighted by atomic mass is 19.4. The molecule has 0 saturated heterocycles. The minimum atomic E-state index is -4.59. The van der Waals surface area contributed by atoms with Gasteiger partial charge in [0.25, 0.3) is 0 Å². The van der Waals surface area contributed by atoms with E-state index in [0.29, 0.717) is 5.56 Å². The van der Waals surface area contributed by atoms with Crippen molar-refractivity contribution in [2.75, 3.05) is 11.9 Å². The Balaban J connectivity index is 2.04. The van der Waals surface area contributed by atoms with Gasteiger partial charge < -0.3 is 11.1 Å². The van der Waals surface area contributed by atoms with Crippen LogP contribution in [0.4, 0.5) is 23.5 Å². The predicted octanol–water partition coefficient (Wildman–Crippen LogP) is 2.39. The van der Waals surface area contributed by atoms with Crippen molar-refractivity contribution in [2.45, 2.75) is 12.6 Å². The van der Waals surface area contributed by atoms with Crippen molar-refractivity contribution in [3.05, 3.63) is 53.6 Å². The smallest absolute Gasteiger partial charge is 0.369 e. The minimum Gasteiger partial charge on any atom is -0.369 e. The zero-order valence-corrected chi connectivity index (χ0v) is 12.3. The molecule has 128 valence electrons. The third-order valence-corrected chi connectivity index (χ3v) is 3.25. The van der Waals surface area contributed by atoms with E-state index in [1.165, 1.54) is 24.3 Å². The molecule has 0 spiro atoms. The van der Waals surface area contributed by atoms with Crippen LogP contribution in [0.1, 0.15) is 11.3 Å². The molecule has 24 heavy (non-hydrogen) atoms. The topological polar surface area (TPSA) is 80.9 Å². The van der Waals surface area contributed by atoms with E-state index in [-0.39, 0.29) is 18.9 Å². The molecule has 0 aliphatic carbocycles. The van der Waals surface area contributed by atoms with E-state index < -0.39 is 29.5 Å². The number of hydrogen-bond acceptors (Lipinski definition) is 4. The molecule has 1 atom stereocenters. The van der Waals surface area contributed by atoms with Gasteiger partial charge in [-0.1, -0.05) is 12.1 Å². The molecule has 0 aliphatic rings. The second-order valence-corrected chi connectivity index (χ2v) is 5.07. The Bertz CT molecular complexity index is 703. The lowest BCUT2D eigenvalue weighted by Gasteiger charge is -2.15. The van der Waals surface area contributed by atoms with E-state index in [4.69, 9.17) is 5.73 Å². The zero-order valence-electron chi connectivity index (χ0n) is 12.3. The van der Waals surface area contributed by atoms with Gasteiger partial charge in [0.05, 0.1) is 5.92 Å². The van der Waals surface area contributed by atoms with E-state index in [1.807, 2.05) is 0 Å². The SMILES string of the molecule is NC(=O)C(CNc1nccc(C(F)(F)F)n1)Cc1ccc(F)cc1. The second-order valence-electron chi connectivity index (χ2n) is 5.07. The fourth-order valence-electron chi connectivity index (χ4n) is 1.99. The number of amides is 1. The first-order valence-corrected chi connectivity index (χ1v) is 6.93. The molecule has 1 aromatic heterocycles. The fourth-order valence-corrected chi connectivity index (χ4v) is 1.99. The number of halogens is 4. The number of alkyl halides is 3. The lowest BCUT2D eigenvalue weighted by atomic mass is 9.98. The molecular formula is C15H14F4N4O. The van der Waals surface area contributed by atoms with Crippen molar-refractivity contribution < 1.29 is 22.4 Å². The van der Waals surface area contributed by atoms with Gasteiger partial charge in [0.1, 0.15) is 11.5 Å². The number of aromatic nitrogens is 2. The van der Waals surface area contributed by atoms with Gasteiger partial charge >= 0.3 is 6.18 Å². The van der Waals surface area contributed by atoms with Crippen molar-refractivity contribution in [1.82, 2.24) is 9.97 Å². The summed E-state index contributed by atoms with van der Waals surface area (Å²) in [6.07, 6.45) is -3.41. The Morgan fingerprint density at radius 1 is 1.21 bits per heavy atom. The standard InChI is InChI=1S/C15H14F4N4O/c16-11-3-1-9(2-4-11)7-10(13(20)24)8-22-14-21-6-5-12(23-14)15(17,18)19/h1-6,10H,7-8H2,(H2,20,24)(H,21,22,23). The number of nitrogens with two attached hydrogens (primary N) is 1. The van der Waals surface area contributed by atoms with Crippen LogP contribution in [0.25, 0.3) is 0 Å². The number of hydrogen-bond donors (Lipinski definition) is 2. The van der Waals surface area contributed by atoms with Crippen LogP contribution in [0.15, 0.2) is 36.5 Å². The molecule has 0 bridgehead atoms. The highest BCUT2D eigenvalue weighted by molar-refractivity contribution is 5.77. The number of nitrogens with zero attached hydrogens (tertiary/aromatic N) is 2. The van der Waals surface area contributed by atoms with E-state index >= 15 is 0 Å². The third-order valence-electron chi connectivity index (χ3n) is 3.25. The van der Waals surface area contributed by atoms with E-state index in [0.717, 1.165) is 12.3 Å². The van der Waals surface area contributed by atoms with Gasteiger partial charge in [-0.3, -0.25) is 4.79 Å². The molecule has 0 fully saturated rings. The first-order valence-electron chi connectivity index (χ1n) is 6.93. The summed E-state index contributed by atoms with van der Waals surface area (Å²) in [6.45, 7) is -0.0476. The number of rotatable bonds is 6. The maximum atomic E-state index is 12.9. The van der Waals surface area contributed by atoms with Gasteiger partial charge in [-0.15, -0.1) is 0 Å². The highest BCUT2D eigenvalue weighted by Gasteiger charge is 2.32. The summed E-state index contributed by atoms with van der Waals surface area (Å²) in [4.78, 5) is 18.5. The average molecular weight is 342 g/mol. The summed E-state index contributed by atoms with van der Waals surface area (Å²) < 4.78 is 50.7. The van der Waals surface area contributed by atoms with Crippen molar-refractivity contribution >= 4 is 11.9 Å². The van der Waals surface area contributed by atoms with Gasteiger partial charge in [0.15, 0.2) is 0 Å². The maximum Gasteiger partial charge on any atom is 0.433 e. The summed E-state index contributed by atoms with van der Waals surface area (Å²) in [7, 11) is 0. The van der Waals surface area contributed by atoms with Crippen LogP contribution < -0.4 is 11.1 Å². The summed E-state index contributed by atoms with van der Waals surface area (Å²) in [5, 5.41) is 2.57. The third kappa shape index (κ3) is 4.90. The van der Waals surface area contributed by atoms with E-state index in [9.17, 15) is 22.4 Å². The molecule has 1 heterocycles. The average Bonchev–Trinajstić information content (AvgIpc) is 2.52. The summed E-state index contributed by atoms with van der Waals surface area (Å²) >= 11 is 0. The number of primary amides is 1. The monoisotopic (exact) mass is 342 g/mol. The lowest BCUT2D eigenvalue weighted by Crippen LogP contribution is -2.31. The Morgan fingerprint density at radius 3 is 2.46 bits per heavy atom. The largest absolute Gasteiger partial charge is 0.433 e. The van der Waals surface area contributed by atoms with Gasteiger partial charge in [0.2, 0.25) is 11.9 Å². The lowest BCUT2D eigenvalue weighted by molar-refractivity contribution is -0.141. The molecule has 2 aromatic rings. The van der Waals surface area contributed by atoms with E-state index in [1.54, 1.807) is 0 Å². The van der Waals surface area contributed by atoms with Gasteiger partial charge in [-0.25, -0.2) is 14.4 Å². The molecule has 2 rings (SSSR count). The van der Waals surface area contributed by atoms with Crippen LogP contribution in [-0.2, 0) is 17.4 Å². The van der Waals surface area contributed by atoms with Crippen LogP contribution in [0, 0.1) is 11.7 Å². The molecule has 0 saturated carbocycles. The molecule has 5 nitrogen and oxygen atoms in total. The fraction of sp³-hybridized carbons (Fsp3) is 0.267. The number of carbonyl (C=O) groups excluding carboxylic acids is 1. The quantitative estimate of drug-likeness (QED) is 0.790. The normalized spacial score (nSPS) is 12.7. The van der Waals surface area contributed by atoms with Crippen molar-refractivity contribution in [1.29, 1.82) is 0 Å².